The van der Waals surface area contributed by atoms with Crippen LogP contribution in [-0.2, 0) is 16.4 Å². The van der Waals surface area contributed by atoms with E-state index in [0.29, 0.717) is 28.8 Å². The van der Waals surface area contributed by atoms with E-state index in [9.17, 15) is 13.2 Å². The van der Waals surface area contributed by atoms with E-state index >= 15 is 0 Å². The minimum absolute atomic E-state index is 0.154. The Morgan fingerprint density at radius 2 is 1.67 bits per heavy atom. The van der Waals surface area contributed by atoms with E-state index in [0.717, 1.165) is 5.56 Å². The average Bonchev–Trinajstić information content (AvgIpc) is 3.03. The van der Waals surface area contributed by atoms with Gasteiger partial charge in [0.1, 0.15) is 0 Å². The van der Waals surface area contributed by atoms with Crippen molar-refractivity contribution in [2.24, 2.45) is 0 Å². The maximum Gasteiger partial charge on any atom is 0.251 e. The fourth-order valence-corrected chi connectivity index (χ4v) is 4.41. The van der Waals surface area contributed by atoms with Crippen molar-refractivity contribution in [2.75, 3.05) is 5.73 Å². The van der Waals surface area contributed by atoms with Gasteiger partial charge in [0.05, 0.1) is 9.79 Å². The molecule has 0 bridgehead atoms. The molecule has 1 aliphatic heterocycles. The molecule has 0 unspecified atom stereocenters. The van der Waals surface area contributed by atoms with E-state index < -0.39 is 9.84 Å². The highest BCUT2D eigenvalue weighted by Crippen LogP contribution is 2.30. The highest BCUT2D eigenvalue weighted by molar-refractivity contribution is 7.91. The number of nitrogens with two attached hydrogens (primary N) is 1. The Bertz CT molecular complexity index is 1170. The first kappa shape index (κ1) is 17.2. The van der Waals surface area contributed by atoms with Gasteiger partial charge < -0.3 is 11.1 Å². The van der Waals surface area contributed by atoms with Gasteiger partial charge in [0.2, 0.25) is 15.8 Å². The minimum Gasteiger partial charge on any atom is -0.368 e. The summed E-state index contributed by atoms with van der Waals surface area (Å²) in [5.41, 5.74) is 9.01. The van der Waals surface area contributed by atoms with Crippen molar-refractivity contribution in [1.29, 1.82) is 0 Å². The molecule has 3 aromatic rings. The van der Waals surface area contributed by atoms with Crippen molar-refractivity contribution < 1.29 is 13.2 Å². The quantitative estimate of drug-likeness (QED) is 0.719. The first-order valence-corrected chi connectivity index (χ1v) is 9.69. The molecule has 0 radical (unpaired) electrons. The second-order valence-electron chi connectivity index (χ2n) is 6.31. The largest absolute Gasteiger partial charge is 0.368 e. The summed E-state index contributed by atoms with van der Waals surface area (Å²) in [7, 11) is -3.74. The van der Waals surface area contributed by atoms with Gasteiger partial charge in [-0.05, 0) is 53.9 Å². The third-order valence-electron chi connectivity index (χ3n) is 4.57. The fourth-order valence-electron chi connectivity index (χ4n) is 3.07. The predicted molar refractivity (Wildman–Crippen MR) is 99.7 cm³/mol. The van der Waals surface area contributed by atoms with E-state index in [1.54, 1.807) is 42.7 Å². The molecule has 0 spiro atoms. The van der Waals surface area contributed by atoms with Crippen molar-refractivity contribution in [3.63, 3.8) is 0 Å². The third kappa shape index (κ3) is 2.93. The Kier molecular flexibility index (Phi) is 3.92. The minimum atomic E-state index is -3.74. The molecule has 3 N–H and O–H groups in total. The SMILES string of the molecule is Cc1ccc(S(=O)(=O)c2ccc3c(c2)CNC3=O)cc1-c1cnc(N)nc1. The molecule has 0 aliphatic carbocycles. The molecule has 1 aromatic heterocycles. The molecule has 8 heteroatoms. The highest BCUT2D eigenvalue weighted by atomic mass is 32.2. The topological polar surface area (TPSA) is 115 Å². The molecule has 0 saturated carbocycles. The fraction of sp³-hybridized carbons (Fsp3) is 0.105. The van der Waals surface area contributed by atoms with Crippen molar-refractivity contribution >= 4 is 21.7 Å². The van der Waals surface area contributed by atoms with Crippen molar-refractivity contribution in [3.8, 4) is 11.1 Å². The molecule has 1 amide bonds. The number of benzene rings is 2. The zero-order valence-corrected chi connectivity index (χ0v) is 15.2. The number of anilines is 1. The summed E-state index contributed by atoms with van der Waals surface area (Å²) < 4.78 is 26.2. The lowest BCUT2D eigenvalue weighted by Gasteiger charge is -2.11. The number of sulfone groups is 1. The first-order chi connectivity index (χ1) is 12.9. The second-order valence-corrected chi connectivity index (χ2v) is 8.26. The van der Waals surface area contributed by atoms with E-state index in [4.69, 9.17) is 5.73 Å². The number of aromatic nitrogens is 2. The number of amides is 1. The van der Waals surface area contributed by atoms with E-state index in [-0.39, 0.29) is 21.6 Å². The molecule has 2 aromatic carbocycles. The van der Waals surface area contributed by atoms with Crippen molar-refractivity contribution in [1.82, 2.24) is 15.3 Å². The van der Waals surface area contributed by atoms with Crippen LogP contribution in [0.3, 0.4) is 0 Å². The molecule has 7 nitrogen and oxygen atoms in total. The van der Waals surface area contributed by atoms with Gasteiger partial charge in [-0.1, -0.05) is 6.07 Å². The molecule has 2 heterocycles. The Hall–Kier alpha value is -3.26. The summed E-state index contributed by atoms with van der Waals surface area (Å²) in [6.45, 7) is 2.22. The van der Waals surface area contributed by atoms with Crippen LogP contribution in [0.1, 0.15) is 21.5 Å². The Labute approximate surface area is 156 Å². The molecule has 4 rings (SSSR count). The zero-order valence-electron chi connectivity index (χ0n) is 14.4. The maximum atomic E-state index is 13.1. The van der Waals surface area contributed by atoms with E-state index in [1.165, 1.54) is 6.07 Å². The molecule has 0 saturated heterocycles. The zero-order chi connectivity index (χ0) is 19.2. The standard InChI is InChI=1S/C19H16N4O3S/c1-11-2-3-15(7-17(11)13-9-22-19(20)23-10-13)27(25,26)14-4-5-16-12(6-14)8-21-18(16)24/h2-7,9-10H,8H2,1H3,(H,21,24)(H2,20,22,23). The number of hydrogen-bond acceptors (Lipinski definition) is 6. The predicted octanol–water partition coefficient (Wildman–Crippen LogP) is 2.11. The smallest absolute Gasteiger partial charge is 0.251 e. The van der Waals surface area contributed by atoms with Gasteiger partial charge in [0.15, 0.2) is 0 Å². The normalized spacial score (nSPS) is 13.3. The van der Waals surface area contributed by atoms with Crippen LogP contribution in [0.5, 0.6) is 0 Å². The molecule has 0 atom stereocenters. The lowest BCUT2D eigenvalue weighted by molar-refractivity contribution is 0.0965. The monoisotopic (exact) mass is 380 g/mol. The van der Waals surface area contributed by atoms with Crippen molar-refractivity contribution in [2.45, 2.75) is 23.3 Å². The number of carbonyl (C=O) groups excluding carboxylic acids is 1. The lowest BCUT2D eigenvalue weighted by atomic mass is 10.0. The van der Waals surface area contributed by atoms with Crippen LogP contribution in [0.2, 0.25) is 0 Å². The summed E-state index contributed by atoms with van der Waals surface area (Å²) in [6.07, 6.45) is 3.13. The van der Waals surface area contributed by atoms with Crippen molar-refractivity contribution in [3.05, 3.63) is 65.5 Å². The number of hydrogen-bond donors (Lipinski definition) is 2. The van der Waals surface area contributed by atoms with Gasteiger partial charge in [-0.2, -0.15) is 0 Å². The van der Waals surface area contributed by atoms with Crippen LogP contribution in [0, 0.1) is 6.92 Å². The summed E-state index contributed by atoms with van der Waals surface area (Å²) in [6, 6.07) is 9.49. The van der Waals surface area contributed by atoms with Gasteiger partial charge in [0.25, 0.3) is 5.91 Å². The summed E-state index contributed by atoms with van der Waals surface area (Å²) in [5.74, 6) is -0.0311. The first-order valence-electron chi connectivity index (χ1n) is 8.21. The lowest BCUT2D eigenvalue weighted by Crippen LogP contribution is -2.12. The molecule has 1 aliphatic rings. The number of rotatable bonds is 3. The Balaban J connectivity index is 1.80. The van der Waals surface area contributed by atoms with Gasteiger partial charge in [-0.25, -0.2) is 18.4 Å². The van der Waals surface area contributed by atoms with Crippen LogP contribution >= 0.6 is 0 Å². The van der Waals surface area contributed by atoms with E-state index in [2.05, 4.69) is 15.3 Å². The molecule has 136 valence electrons. The highest BCUT2D eigenvalue weighted by Gasteiger charge is 2.24. The van der Waals surface area contributed by atoms with Crippen LogP contribution in [-0.4, -0.2) is 24.3 Å². The number of nitrogen functional groups attached to an aromatic ring is 1. The Morgan fingerprint density at radius 1 is 1.00 bits per heavy atom. The molecular formula is C19H16N4O3S. The second kappa shape index (κ2) is 6.17. The third-order valence-corrected chi connectivity index (χ3v) is 6.32. The molecule has 0 fully saturated rings. The summed E-state index contributed by atoms with van der Waals surface area (Å²) in [5, 5.41) is 2.69. The molecular weight excluding hydrogens is 364 g/mol. The number of aryl methyl sites for hydroxylation is 1. The van der Waals surface area contributed by atoms with E-state index in [1.807, 2.05) is 6.92 Å². The average molecular weight is 380 g/mol. The van der Waals surface area contributed by atoms with Gasteiger partial charge >= 0.3 is 0 Å². The Morgan fingerprint density at radius 3 is 2.41 bits per heavy atom. The number of nitrogens with one attached hydrogen (secondary N) is 1. The summed E-state index contributed by atoms with van der Waals surface area (Å²) in [4.78, 5) is 19.9. The number of carbonyl (C=O) groups is 1. The van der Waals surface area contributed by atoms with Crippen LogP contribution in [0.25, 0.3) is 11.1 Å². The van der Waals surface area contributed by atoms with Crippen LogP contribution < -0.4 is 11.1 Å². The number of fused-ring (bicyclic) bond motifs is 1. The van der Waals surface area contributed by atoms with Gasteiger partial charge in [-0.3, -0.25) is 4.79 Å². The van der Waals surface area contributed by atoms with Crippen LogP contribution in [0.4, 0.5) is 5.95 Å². The maximum absolute atomic E-state index is 13.1. The van der Waals surface area contributed by atoms with Gasteiger partial charge in [-0.15, -0.1) is 0 Å². The molecule has 27 heavy (non-hydrogen) atoms. The number of nitrogens with zero attached hydrogens (tertiary/aromatic N) is 2. The van der Waals surface area contributed by atoms with Gasteiger partial charge in [0, 0.05) is 30.1 Å². The summed E-state index contributed by atoms with van der Waals surface area (Å²) >= 11 is 0. The van der Waals surface area contributed by atoms with Crippen LogP contribution in [0.15, 0.2) is 58.6 Å².